The highest BCUT2D eigenvalue weighted by Gasteiger charge is 2.33. The standard InChI is InChI=1S/C16H25NO2S/c1-5-15-8-6-7-9-17(15)20(18,19)16-11-13(3)12(2)10-14(16)4/h10-11,15H,5-9H2,1-4H3/t15-/m0/s1. The molecule has 1 aromatic carbocycles. The summed E-state index contributed by atoms with van der Waals surface area (Å²) in [6, 6.07) is 3.98. The fourth-order valence-corrected chi connectivity index (χ4v) is 5.10. The van der Waals surface area contributed by atoms with E-state index in [1.807, 2.05) is 32.9 Å². The molecule has 20 heavy (non-hydrogen) atoms. The molecule has 1 atom stereocenters. The van der Waals surface area contributed by atoms with Crippen LogP contribution in [0.5, 0.6) is 0 Å². The van der Waals surface area contributed by atoms with Gasteiger partial charge < -0.3 is 0 Å². The van der Waals surface area contributed by atoms with Gasteiger partial charge in [-0.3, -0.25) is 0 Å². The van der Waals surface area contributed by atoms with Crippen LogP contribution in [0.2, 0.25) is 0 Å². The molecule has 1 aliphatic rings. The molecule has 4 heteroatoms. The van der Waals surface area contributed by atoms with Crippen LogP contribution in [0.3, 0.4) is 0 Å². The topological polar surface area (TPSA) is 37.4 Å². The highest BCUT2D eigenvalue weighted by Crippen LogP contribution is 2.29. The van der Waals surface area contributed by atoms with Crippen LogP contribution in [-0.4, -0.2) is 25.3 Å². The average Bonchev–Trinajstić information content (AvgIpc) is 2.42. The number of piperidine rings is 1. The molecule has 0 spiro atoms. The Labute approximate surface area is 123 Å². The third-order valence-electron chi connectivity index (χ3n) is 4.42. The molecule has 3 nitrogen and oxygen atoms in total. The maximum atomic E-state index is 13.0. The van der Waals surface area contributed by atoms with E-state index >= 15 is 0 Å². The molecule has 1 fully saturated rings. The number of aryl methyl sites for hydroxylation is 3. The van der Waals surface area contributed by atoms with E-state index in [1.165, 1.54) is 0 Å². The first-order valence-corrected chi connectivity index (χ1v) is 8.91. The van der Waals surface area contributed by atoms with E-state index in [2.05, 4.69) is 6.92 Å². The zero-order valence-electron chi connectivity index (χ0n) is 12.9. The minimum Gasteiger partial charge on any atom is -0.207 e. The van der Waals surface area contributed by atoms with Crippen molar-refractivity contribution in [3.63, 3.8) is 0 Å². The lowest BCUT2D eigenvalue weighted by Gasteiger charge is -2.34. The molecule has 0 bridgehead atoms. The lowest BCUT2D eigenvalue weighted by molar-refractivity contribution is 0.246. The Kier molecular flexibility index (Phi) is 4.55. The SMILES string of the molecule is CC[C@H]1CCCCN1S(=O)(=O)c1cc(C)c(C)cc1C. The van der Waals surface area contributed by atoms with Gasteiger partial charge in [0.2, 0.25) is 10.0 Å². The number of hydrogen-bond acceptors (Lipinski definition) is 2. The van der Waals surface area contributed by atoms with Gasteiger partial charge in [0.25, 0.3) is 0 Å². The van der Waals surface area contributed by atoms with Crippen LogP contribution < -0.4 is 0 Å². The van der Waals surface area contributed by atoms with E-state index in [0.717, 1.165) is 42.4 Å². The third kappa shape index (κ3) is 2.77. The summed E-state index contributed by atoms with van der Waals surface area (Å²) in [7, 11) is -3.36. The number of rotatable bonds is 3. The minimum atomic E-state index is -3.36. The monoisotopic (exact) mass is 295 g/mol. The third-order valence-corrected chi connectivity index (χ3v) is 6.52. The second-order valence-corrected chi connectivity index (χ2v) is 7.73. The molecule has 0 radical (unpaired) electrons. The number of benzene rings is 1. The van der Waals surface area contributed by atoms with E-state index in [1.54, 1.807) is 4.31 Å². The van der Waals surface area contributed by atoms with Crippen LogP contribution in [0.4, 0.5) is 0 Å². The largest absolute Gasteiger partial charge is 0.243 e. The van der Waals surface area contributed by atoms with E-state index in [0.29, 0.717) is 11.4 Å². The summed E-state index contributed by atoms with van der Waals surface area (Å²) in [5.74, 6) is 0. The van der Waals surface area contributed by atoms with Crippen molar-refractivity contribution in [2.45, 2.75) is 64.3 Å². The van der Waals surface area contributed by atoms with Crippen molar-refractivity contribution in [3.05, 3.63) is 28.8 Å². The van der Waals surface area contributed by atoms with E-state index < -0.39 is 10.0 Å². The number of nitrogens with zero attached hydrogens (tertiary/aromatic N) is 1. The normalized spacial score (nSPS) is 21.1. The van der Waals surface area contributed by atoms with Gasteiger partial charge in [0.15, 0.2) is 0 Å². The van der Waals surface area contributed by atoms with Gasteiger partial charge in [-0.2, -0.15) is 4.31 Å². The molecule has 1 aliphatic heterocycles. The van der Waals surface area contributed by atoms with Gasteiger partial charge in [-0.1, -0.05) is 19.4 Å². The Morgan fingerprint density at radius 2 is 1.75 bits per heavy atom. The molecular formula is C16H25NO2S. The summed E-state index contributed by atoms with van der Waals surface area (Å²) in [6.07, 6.45) is 3.98. The maximum Gasteiger partial charge on any atom is 0.243 e. The number of hydrogen-bond donors (Lipinski definition) is 0. The van der Waals surface area contributed by atoms with Crippen molar-refractivity contribution in [2.75, 3.05) is 6.54 Å². The van der Waals surface area contributed by atoms with Crippen molar-refractivity contribution in [1.29, 1.82) is 0 Å². The molecule has 0 unspecified atom stereocenters. The zero-order valence-corrected chi connectivity index (χ0v) is 13.8. The Hall–Kier alpha value is -0.870. The van der Waals surface area contributed by atoms with Crippen LogP contribution in [0.1, 0.15) is 49.3 Å². The van der Waals surface area contributed by atoms with E-state index in [4.69, 9.17) is 0 Å². The maximum absolute atomic E-state index is 13.0. The molecular weight excluding hydrogens is 270 g/mol. The van der Waals surface area contributed by atoms with E-state index in [9.17, 15) is 8.42 Å². The molecule has 0 N–H and O–H groups in total. The molecule has 1 saturated heterocycles. The summed E-state index contributed by atoms with van der Waals surface area (Å²) in [5.41, 5.74) is 3.04. The molecule has 0 amide bonds. The highest BCUT2D eigenvalue weighted by molar-refractivity contribution is 7.89. The highest BCUT2D eigenvalue weighted by atomic mass is 32.2. The summed E-state index contributed by atoms with van der Waals surface area (Å²) < 4.78 is 27.7. The smallest absolute Gasteiger partial charge is 0.207 e. The molecule has 112 valence electrons. The molecule has 1 aromatic rings. The van der Waals surface area contributed by atoms with Crippen molar-refractivity contribution < 1.29 is 8.42 Å². The summed E-state index contributed by atoms with van der Waals surface area (Å²) in [6.45, 7) is 8.62. The minimum absolute atomic E-state index is 0.162. The van der Waals surface area contributed by atoms with Crippen LogP contribution in [-0.2, 0) is 10.0 Å². The van der Waals surface area contributed by atoms with Gasteiger partial charge in [0.05, 0.1) is 4.90 Å². The van der Waals surface area contributed by atoms with Gasteiger partial charge in [-0.25, -0.2) is 8.42 Å². The second kappa shape index (κ2) is 5.86. The first-order chi connectivity index (χ1) is 9.37. The van der Waals surface area contributed by atoms with Gasteiger partial charge in [-0.05, 0) is 62.8 Å². The van der Waals surface area contributed by atoms with Crippen molar-refractivity contribution in [3.8, 4) is 0 Å². The number of sulfonamides is 1. The van der Waals surface area contributed by atoms with Crippen LogP contribution >= 0.6 is 0 Å². The first kappa shape index (κ1) is 15.5. The lowest BCUT2D eigenvalue weighted by Crippen LogP contribution is -2.43. The Morgan fingerprint density at radius 1 is 1.10 bits per heavy atom. The van der Waals surface area contributed by atoms with Crippen molar-refractivity contribution in [2.24, 2.45) is 0 Å². The van der Waals surface area contributed by atoms with Crippen molar-refractivity contribution >= 4 is 10.0 Å². The second-order valence-electron chi connectivity index (χ2n) is 5.88. The fourth-order valence-electron chi connectivity index (χ4n) is 3.04. The molecule has 0 aromatic heterocycles. The first-order valence-electron chi connectivity index (χ1n) is 7.47. The molecule has 0 aliphatic carbocycles. The summed E-state index contributed by atoms with van der Waals surface area (Å²) in [5, 5.41) is 0. The Morgan fingerprint density at radius 3 is 2.40 bits per heavy atom. The fraction of sp³-hybridized carbons (Fsp3) is 0.625. The Balaban J connectivity index is 2.46. The average molecular weight is 295 g/mol. The molecule has 1 heterocycles. The van der Waals surface area contributed by atoms with Gasteiger partial charge in [-0.15, -0.1) is 0 Å². The van der Waals surface area contributed by atoms with Gasteiger partial charge >= 0.3 is 0 Å². The van der Waals surface area contributed by atoms with Crippen molar-refractivity contribution in [1.82, 2.24) is 4.31 Å². The summed E-state index contributed by atoms with van der Waals surface area (Å²) >= 11 is 0. The lowest BCUT2D eigenvalue weighted by atomic mass is 10.0. The predicted octanol–water partition coefficient (Wildman–Crippen LogP) is 3.57. The van der Waals surface area contributed by atoms with Crippen LogP contribution in [0.15, 0.2) is 17.0 Å². The van der Waals surface area contributed by atoms with E-state index in [-0.39, 0.29) is 6.04 Å². The Bertz CT molecular complexity index is 593. The predicted molar refractivity (Wildman–Crippen MR) is 82.5 cm³/mol. The molecule has 2 rings (SSSR count). The zero-order chi connectivity index (χ0) is 14.9. The quantitative estimate of drug-likeness (QED) is 0.855. The van der Waals surface area contributed by atoms with Crippen LogP contribution in [0.25, 0.3) is 0 Å². The van der Waals surface area contributed by atoms with Crippen LogP contribution in [0, 0.1) is 20.8 Å². The van der Waals surface area contributed by atoms with Gasteiger partial charge in [0, 0.05) is 12.6 Å². The summed E-state index contributed by atoms with van der Waals surface area (Å²) in [4.78, 5) is 0.487. The molecule has 0 saturated carbocycles. The van der Waals surface area contributed by atoms with Gasteiger partial charge in [0.1, 0.15) is 0 Å².